The van der Waals surface area contributed by atoms with Crippen molar-refractivity contribution >= 4 is 0 Å². The van der Waals surface area contributed by atoms with Crippen LogP contribution in [-0.4, -0.2) is 5.11 Å². The molecule has 0 spiro atoms. The zero-order valence-electron chi connectivity index (χ0n) is 10.9. The van der Waals surface area contributed by atoms with Gasteiger partial charge in [-0.15, -0.1) is 0 Å². The molecule has 2 rings (SSSR count). The van der Waals surface area contributed by atoms with Gasteiger partial charge >= 0.3 is 0 Å². The van der Waals surface area contributed by atoms with E-state index in [4.69, 9.17) is 0 Å². The summed E-state index contributed by atoms with van der Waals surface area (Å²) in [5.74, 6) is -0.296. The van der Waals surface area contributed by atoms with Gasteiger partial charge in [-0.3, -0.25) is 0 Å². The first kappa shape index (κ1) is 12.8. The molecule has 0 aromatic heterocycles. The van der Waals surface area contributed by atoms with Gasteiger partial charge in [-0.05, 0) is 55.2 Å². The van der Waals surface area contributed by atoms with Gasteiger partial charge in [-0.2, -0.15) is 0 Å². The lowest BCUT2D eigenvalue weighted by Gasteiger charge is -2.27. The summed E-state index contributed by atoms with van der Waals surface area (Å²) in [6.45, 7) is 5.74. The average molecular weight is 244 g/mol. The first-order chi connectivity index (χ1) is 8.43. The zero-order chi connectivity index (χ0) is 13.3. The highest BCUT2D eigenvalue weighted by molar-refractivity contribution is 5.42. The van der Waals surface area contributed by atoms with Crippen molar-refractivity contribution in [2.75, 3.05) is 0 Å². The van der Waals surface area contributed by atoms with Crippen molar-refractivity contribution in [1.29, 1.82) is 0 Å². The number of halogens is 1. The smallest absolute Gasteiger partial charge is 0.123 e. The molecule has 2 aromatic carbocycles. The molecular weight excluding hydrogens is 227 g/mol. The van der Waals surface area contributed by atoms with E-state index in [1.54, 1.807) is 19.1 Å². The molecule has 0 amide bonds. The monoisotopic (exact) mass is 244 g/mol. The molecule has 1 atom stereocenters. The van der Waals surface area contributed by atoms with Crippen molar-refractivity contribution < 1.29 is 9.50 Å². The largest absolute Gasteiger partial charge is 0.381 e. The lowest BCUT2D eigenvalue weighted by atomic mass is 9.84. The second-order valence-corrected chi connectivity index (χ2v) is 4.83. The van der Waals surface area contributed by atoms with Crippen LogP contribution in [0.1, 0.15) is 29.2 Å². The molecule has 0 saturated carbocycles. The van der Waals surface area contributed by atoms with Crippen LogP contribution in [0, 0.1) is 19.7 Å². The van der Waals surface area contributed by atoms with Crippen molar-refractivity contribution in [3.63, 3.8) is 0 Å². The van der Waals surface area contributed by atoms with Gasteiger partial charge in [-0.1, -0.05) is 30.3 Å². The maximum absolute atomic E-state index is 12.9. The number of aryl methyl sites for hydroxylation is 1. The van der Waals surface area contributed by atoms with Crippen molar-refractivity contribution in [3.05, 3.63) is 70.5 Å². The van der Waals surface area contributed by atoms with Crippen molar-refractivity contribution in [1.82, 2.24) is 0 Å². The Morgan fingerprint density at radius 1 is 1.00 bits per heavy atom. The molecule has 1 unspecified atom stereocenters. The minimum absolute atomic E-state index is 0.296. The quantitative estimate of drug-likeness (QED) is 0.854. The normalized spacial score (nSPS) is 14.3. The van der Waals surface area contributed by atoms with Crippen LogP contribution in [0.15, 0.2) is 42.5 Å². The van der Waals surface area contributed by atoms with Gasteiger partial charge in [0.25, 0.3) is 0 Å². The van der Waals surface area contributed by atoms with Gasteiger partial charge in [0.15, 0.2) is 0 Å². The van der Waals surface area contributed by atoms with Crippen LogP contribution in [0.5, 0.6) is 0 Å². The molecule has 1 nitrogen and oxygen atoms in total. The van der Waals surface area contributed by atoms with Gasteiger partial charge in [0.05, 0.1) is 0 Å². The molecule has 2 aromatic rings. The van der Waals surface area contributed by atoms with Gasteiger partial charge in [-0.25, -0.2) is 4.39 Å². The summed E-state index contributed by atoms with van der Waals surface area (Å²) >= 11 is 0. The molecule has 0 aliphatic rings. The predicted octanol–water partition coefficient (Wildman–Crippen LogP) is 3.70. The van der Waals surface area contributed by atoms with E-state index in [0.717, 1.165) is 16.7 Å². The van der Waals surface area contributed by atoms with E-state index in [9.17, 15) is 9.50 Å². The third-order valence-electron chi connectivity index (χ3n) is 3.54. The van der Waals surface area contributed by atoms with Crippen LogP contribution in [0.4, 0.5) is 4.39 Å². The third kappa shape index (κ3) is 2.16. The molecule has 0 aliphatic heterocycles. The summed E-state index contributed by atoms with van der Waals surface area (Å²) in [6, 6.07) is 11.8. The summed E-state index contributed by atoms with van der Waals surface area (Å²) in [5, 5.41) is 10.7. The second-order valence-electron chi connectivity index (χ2n) is 4.83. The molecular formula is C16H17FO. The Morgan fingerprint density at radius 2 is 1.61 bits per heavy atom. The summed E-state index contributed by atoms with van der Waals surface area (Å²) in [7, 11) is 0. The molecule has 0 heterocycles. The van der Waals surface area contributed by atoms with Crippen LogP contribution < -0.4 is 0 Å². The Hall–Kier alpha value is -1.67. The Balaban J connectivity index is 2.54. The Kier molecular flexibility index (Phi) is 3.22. The first-order valence-corrected chi connectivity index (χ1v) is 5.98. The highest BCUT2D eigenvalue weighted by atomic mass is 19.1. The number of rotatable bonds is 2. The summed E-state index contributed by atoms with van der Waals surface area (Å²) < 4.78 is 12.9. The fraction of sp³-hybridized carbons (Fsp3) is 0.250. The van der Waals surface area contributed by atoms with Gasteiger partial charge in [0.1, 0.15) is 11.4 Å². The molecule has 0 bridgehead atoms. The number of aliphatic hydroxyl groups is 1. The fourth-order valence-electron chi connectivity index (χ4n) is 2.21. The maximum atomic E-state index is 12.9. The number of hydrogen-bond donors (Lipinski definition) is 1. The van der Waals surface area contributed by atoms with Gasteiger partial charge in [0.2, 0.25) is 0 Å². The van der Waals surface area contributed by atoms with Crippen LogP contribution >= 0.6 is 0 Å². The molecule has 0 fully saturated rings. The Morgan fingerprint density at radius 3 is 2.22 bits per heavy atom. The van der Waals surface area contributed by atoms with E-state index in [1.807, 2.05) is 32.0 Å². The predicted molar refractivity (Wildman–Crippen MR) is 71.0 cm³/mol. The van der Waals surface area contributed by atoms with E-state index in [-0.39, 0.29) is 5.82 Å². The third-order valence-corrected chi connectivity index (χ3v) is 3.54. The van der Waals surface area contributed by atoms with E-state index in [1.165, 1.54) is 12.1 Å². The lowest BCUT2D eigenvalue weighted by Crippen LogP contribution is -2.24. The van der Waals surface area contributed by atoms with Crippen molar-refractivity contribution in [3.8, 4) is 0 Å². The molecule has 94 valence electrons. The van der Waals surface area contributed by atoms with Crippen LogP contribution in [0.25, 0.3) is 0 Å². The van der Waals surface area contributed by atoms with E-state index >= 15 is 0 Å². The van der Waals surface area contributed by atoms with Crippen LogP contribution in [0.2, 0.25) is 0 Å². The highest BCUT2D eigenvalue weighted by Gasteiger charge is 2.27. The SMILES string of the molecule is Cc1cccc(C(C)(O)c2ccc(F)cc2)c1C. The molecule has 0 saturated heterocycles. The van der Waals surface area contributed by atoms with Crippen LogP contribution in [-0.2, 0) is 5.60 Å². The van der Waals surface area contributed by atoms with Crippen molar-refractivity contribution in [2.45, 2.75) is 26.4 Å². The molecule has 2 heteroatoms. The number of benzene rings is 2. The fourth-order valence-corrected chi connectivity index (χ4v) is 2.21. The summed E-state index contributed by atoms with van der Waals surface area (Å²) in [5.41, 5.74) is 2.64. The van der Waals surface area contributed by atoms with E-state index in [2.05, 4.69) is 0 Å². The van der Waals surface area contributed by atoms with Crippen LogP contribution in [0.3, 0.4) is 0 Å². The lowest BCUT2D eigenvalue weighted by molar-refractivity contribution is 0.101. The Labute approximate surface area is 107 Å². The summed E-state index contributed by atoms with van der Waals surface area (Å²) in [4.78, 5) is 0. The van der Waals surface area contributed by atoms with E-state index < -0.39 is 5.60 Å². The molecule has 0 aliphatic carbocycles. The first-order valence-electron chi connectivity index (χ1n) is 5.98. The van der Waals surface area contributed by atoms with E-state index in [0.29, 0.717) is 5.56 Å². The summed E-state index contributed by atoms with van der Waals surface area (Å²) in [6.07, 6.45) is 0. The minimum atomic E-state index is -1.11. The van der Waals surface area contributed by atoms with Gasteiger partial charge in [0, 0.05) is 0 Å². The molecule has 1 N–H and O–H groups in total. The molecule has 0 radical (unpaired) electrons. The highest BCUT2D eigenvalue weighted by Crippen LogP contribution is 2.32. The van der Waals surface area contributed by atoms with Gasteiger partial charge < -0.3 is 5.11 Å². The molecule has 18 heavy (non-hydrogen) atoms. The topological polar surface area (TPSA) is 20.2 Å². The minimum Gasteiger partial charge on any atom is -0.381 e. The maximum Gasteiger partial charge on any atom is 0.123 e. The number of hydrogen-bond acceptors (Lipinski definition) is 1. The zero-order valence-corrected chi connectivity index (χ0v) is 10.9. The second kappa shape index (κ2) is 4.54. The Bertz CT molecular complexity index is 556. The average Bonchev–Trinajstić information content (AvgIpc) is 2.33. The standard InChI is InChI=1S/C16H17FO/c1-11-5-4-6-15(12(11)2)16(3,18)13-7-9-14(17)10-8-13/h4-10,18H,1-3H3. The van der Waals surface area contributed by atoms with Crippen molar-refractivity contribution in [2.24, 2.45) is 0 Å².